The Labute approximate surface area is 142 Å². The molecule has 122 valence electrons. The van der Waals surface area contributed by atoms with Crippen molar-refractivity contribution < 1.29 is 4.74 Å². The maximum absolute atomic E-state index is 5.90. The van der Waals surface area contributed by atoms with Gasteiger partial charge >= 0.3 is 0 Å². The van der Waals surface area contributed by atoms with Crippen LogP contribution >= 0.6 is 0 Å². The van der Waals surface area contributed by atoms with E-state index in [1.807, 2.05) is 6.07 Å². The number of ether oxygens (including phenoxy) is 1. The molecule has 3 heteroatoms. The molecule has 0 aliphatic carbocycles. The van der Waals surface area contributed by atoms with Gasteiger partial charge in [0.25, 0.3) is 0 Å². The average molecular weight is 318 g/mol. The topological polar surface area (TPSA) is 38.5 Å². The number of anilines is 1. The molecule has 0 spiro atoms. The second-order valence-corrected chi connectivity index (χ2v) is 6.46. The van der Waals surface area contributed by atoms with Crippen molar-refractivity contribution in [3.05, 3.63) is 71.3 Å². The summed E-state index contributed by atoms with van der Waals surface area (Å²) in [6, 6.07) is 19.0. The van der Waals surface area contributed by atoms with E-state index in [9.17, 15) is 0 Å². The van der Waals surface area contributed by atoms with E-state index in [1.54, 1.807) is 7.11 Å². The number of methoxy groups -OCH3 is 1. The van der Waals surface area contributed by atoms with Gasteiger partial charge in [-0.15, -0.1) is 0 Å². The van der Waals surface area contributed by atoms with Crippen LogP contribution in [0.25, 0.3) is 10.8 Å². The molecule has 0 saturated carbocycles. The Morgan fingerprint density at radius 3 is 2.67 bits per heavy atom. The number of rotatable bonds is 3. The summed E-state index contributed by atoms with van der Waals surface area (Å²) < 4.78 is 5.50. The first kappa shape index (κ1) is 15.0. The van der Waals surface area contributed by atoms with E-state index < -0.39 is 0 Å². The molecule has 4 rings (SSSR count). The van der Waals surface area contributed by atoms with Crippen LogP contribution in [0.1, 0.15) is 16.7 Å². The van der Waals surface area contributed by atoms with E-state index in [0.717, 1.165) is 37.5 Å². The van der Waals surface area contributed by atoms with Crippen molar-refractivity contribution >= 4 is 16.5 Å². The van der Waals surface area contributed by atoms with Crippen LogP contribution < -0.4 is 10.5 Å². The van der Waals surface area contributed by atoms with Crippen molar-refractivity contribution in [2.75, 3.05) is 19.4 Å². The van der Waals surface area contributed by atoms with Crippen LogP contribution in [-0.2, 0) is 19.5 Å². The Hall–Kier alpha value is -2.52. The summed E-state index contributed by atoms with van der Waals surface area (Å²) in [5, 5.41) is 2.46. The minimum Gasteiger partial charge on any atom is -0.496 e. The summed E-state index contributed by atoms with van der Waals surface area (Å²) in [5.74, 6) is 0.939. The molecule has 3 nitrogen and oxygen atoms in total. The summed E-state index contributed by atoms with van der Waals surface area (Å²) in [7, 11) is 1.73. The zero-order chi connectivity index (χ0) is 16.5. The Kier molecular flexibility index (Phi) is 3.87. The van der Waals surface area contributed by atoms with Crippen molar-refractivity contribution in [3.63, 3.8) is 0 Å². The van der Waals surface area contributed by atoms with E-state index in [1.165, 1.54) is 27.5 Å². The molecule has 0 atom stereocenters. The highest BCUT2D eigenvalue weighted by molar-refractivity contribution is 5.91. The normalized spacial score (nSPS) is 14.5. The van der Waals surface area contributed by atoms with Crippen molar-refractivity contribution in [1.29, 1.82) is 0 Å². The Morgan fingerprint density at radius 1 is 1.00 bits per heavy atom. The van der Waals surface area contributed by atoms with Gasteiger partial charge in [-0.05, 0) is 46.7 Å². The third-order valence-corrected chi connectivity index (χ3v) is 4.91. The Balaban J connectivity index is 1.63. The van der Waals surface area contributed by atoms with Gasteiger partial charge in [0.05, 0.1) is 7.11 Å². The van der Waals surface area contributed by atoms with E-state index in [0.29, 0.717) is 0 Å². The summed E-state index contributed by atoms with van der Waals surface area (Å²) in [6.07, 6.45) is 1.06. The Morgan fingerprint density at radius 2 is 1.83 bits per heavy atom. The van der Waals surface area contributed by atoms with Gasteiger partial charge in [0.1, 0.15) is 5.75 Å². The standard InChI is InChI=1S/C21H22N2O/c1-24-21-9-7-17(19-4-2-3-5-20(19)21)14-23-11-10-15-12-18(22)8-6-16(15)13-23/h2-9,12H,10-11,13-14,22H2,1H3. The monoisotopic (exact) mass is 318 g/mol. The molecule has 1 heterocycles. The highest BCUT2D eigenvalue weighted by atomic mass is 16.5. The maximum Gasteiger partial charge on any atom is 0.126 e. The van der Waals surface area contributed by atoms with Gasteiger partial charge in [-0.3, -0.25) is 4.90 Å². The zero-order valence-electron chi connectivity index (χ0n) is 14.0. The van der Waals surface area contributed by atoms with Crippen LogP contribution in [0.2, 0.25) is 0 Å². The van der Waals surface area contributed by atoms with Crippen molar-refractivity contribution in [2.24, 2.45) is 0 Å². The molecule has 0 radical (unpaired) electrons. The van der Waals surface area contributed by atoms with Crippen LogP contribution in [0.4, 0.5) is 5.69 Å². The molecule has 0 amide bonds. The largest absolute Gasteiger partial charge is 0.496 e. The summed E-state index contributed by atoms with van der Waals surface area (Å²) in [5.41, 5.74) is 10.9. The zero-order valence-corrected chi connectivity index (χ0v) is 14.0. The predicted molar refractivity (Wildman–Crippen MR) is 99.2 cm³/mol. The molecule has 3 aromatic rings. The van der Waals surface area contributed by atoms with Crippen LogP contribution in [-0.4, -0.2) is 18.6 Å². The molecule has 1 aliphatic rings. The molecular weight excluding hydrogens is 296 g/mol. The second kappa shape index (κ2) is 6.17. The molecule has 0 aromatic heterocycles. The summed E-state index contributed by atoms with van der Waals surface area (Å²) in [4.78, 5) is 2.51. The fourth-order valence-corrected chi connectivity index (χ4v) is 3.66. The van der Waals surface area contributed by atoms with Gasteiger partial charge in [0.2, 0.25) is 0 Å². The highest BCUT2D eigenvalue weighted by Gasteiger charge is 2.17. The van der Waals surface area contributed by atoms with Crippen LogP contribution in [0.5, 0.6) is 5.75 Å². The number of hydrogen-bond acceptors (Lipinski definition) is 3. The van der Waals surface area contributed by atoms with Crippen molar-refractivity contribution in [2.45, 2.75) is 19.5 Å². The summed E-state index contributed by atoms with van der Waals surface area (Å²) in [6.45, 7) is 3.00. The smallest absolute Gasteiger partial charge is 0.126 e. The lowest BCUT2D eigenvalue weighted by Crippen LogP contribution is -2.30. The first-order valence-corrected chi connectivity index (χ1v) is 8.39. The van der Waals surface area contributed by atoms with Crippen LogP contribution in [0.3, 0.4) is 0 Å². The van der Waals surface area contributed by atoms with Gasteiger partial charge < -0.3 is 10.5 Å². The molecule has 3 aromatic carbocycles. The molecule has 0 unspecified atom stereocenters. The van der Waals surface area contributed by atoms with E-state index in [2.05, 4.69) is 53.4 Å². The molecule has 2 N–H and O–H groups in total. The number of nitrogen functional groups attached to an aromatic ring is 1. The van der Waals surface area contributed by atoms with Gasteiger partial charge in [0.15, 0.2) is 0 Å². The van der Waals surface area contributed by atoms with Crippen molar-refractivity contribution in [3.8, 4) is 5.75 Å². The minimum atomic E-state index is 0.864. The van der Waals surface area contributed by atoms with E-state index >= 15 is 0 Å². The predicted octanol–water partition coefficient (Wildman–Crippen LogP) is 3.99. The highest BCUT2D eigenvalue weighted by Crippen LogP contribution is 2.30. The van der Waals surface area contributed by atoms with Gasteiger partial charge in [-0.25, -0.2) is 0 Å². The van der Waals surface area contributed by atoms with Gasteiger partial charge in [-0.2, -0.15) is 0 Å². The second-order valence-electron chi connectivity index (χ2n) is 6.46. The molecular formula is C21H22N2O. The number of benzene rings is 3. The van der Waals surface area contributed by atoms with Gasteiger partial charge in [0, 0.05) is 30.7 Å². The lowest BCUT2D eigenvalue weighted by molar-refractivity contribution is 0.246. The molecule has 1 aliphatic heterocycles. The fourth-order valence-electron chi connectivity index (χ4n) is 3.66. The van der Waals surface area contributed by atoms with Crippen LogP contribution in [0, 0.1) is 0 Å². The van der Waals surface area contributed by atoms with E-state index in [4.69, 9.17) is 10.5 Å². The minimum absolute atomic E-state index is 0.864. The lowest BCUT2D eigenvalue weighted by Gasteiger charge is -2.29. The van der Waals surface area contributed by atoms with E-state index in [-0.39, 0.29) is 0 Å². The first-order valence-electron chi connectivity index (χ1n) is 8.39. The quantitative estimate of drug-likeness (QED) is 0.742. The number of nitrogens with two attached hydrogens (primary N) is 1. The fraction of sp³-hybridized carbons (Fsp3) is 0.238. The van der Waals surface area contributed by atoms with Crippen LogP contribution in [0.15, 0.2) is 54.6 Å². The third-order valence-electron chi connectivity index (χ3n) is 4.91. The summed E-state index contributed by atoms with van der Waals surface area (Å²) >= 11 is 0. The third kappa shape index (κ3) is 2.72. The molecule has 24 heavy (non-hydrogen) atoms. The van der Waals surface area contributed by atoms with Crippen molar-refractivity contribution in [1.82, 2.24) is 4.90 Å². The maximum atomic E-state index is 5.90. The Bertz CT molecular complexity index is 888. The number of fused-ring (bicyclic) bond motifs is 2. The molecule has 0 fully saturated rings. The lowest BCUT2D eigenvalue weighted by atomic mass is 9.97. The SMILES string of the molecule is COc1ccc(CN2CCc3cc(N)ccc3C2)c2ccccc12. The number of nitrogens with zero attached hydrogens (tertiary/aromatic N) is 1. The first-order chi connectivity index (χ1) is 11.7. The molecule has 0 bridgehead atoms. The molecule has 0 saturated heterocycles. The average Bonchev–Trinajstić information content (AvgIpc) is 2.62. The number of hydrogen-bond donors (Lipinski definition) is 1. The van der Waals surface area contributed by atoms with Gasteiger partial charge in [-0.1, -0.05) is 36.4 Å².